The molecule has 26 heavy (non-hydrogen) atoms. The minimum Gasteiger partial charge on any atom is -0.388 e. The number of methoxy groups -OCH3 is 1. The summed E-state index contributed by atoms with van der Waals surface area (Å²) >= 11 is 0. The van der Waals surface area contributed by atoms with Crippen LogP contribution in [0.1, 0.15) is 25.0 Å². The molecule has 2 atom stereocenters. The predicted molar refractivity (Wildman–Crippen MR) is 108 cm³/mol. The Morgan fingerprint density at radius 1 is 0.923 bits per heavy atom. The third kappa shape index (κ3) is 14.7. The molecule has 0 saturated carbocycles. The van der Waals surface area contributed by atoms with Crippen molar-refractivity contribution in [3.05, 3.63) is 71.8 Å². The van der Waals surface area contributed by atoms with E-state index in [1.54, 1.807) is 14.2 Å². The van der Waals surface area contributed by atoms with Crippen LogP contribution in [0.5, 0.6) is 0 Å². The highest BCUT2D eigenvalue weighted by Crippen LogP contribution is 2.03. The van der Waals surface area contributed by atoms with Gasteiger partial charge in [-0.15, -0.1) is 0 Å². The van der Waals surface area contributed by atoms with Gasteiger partial charge in [-0.3, -0.25) is 0 Å². The topological polar surface area (TPSA) is 73.6 Å². The molecule has 0 amide bonds. The van der Waals surface area contributed by atoms with E-state index in [1.165, 1.54) is 11.1 Å². The summed E-state index contributed by atoms with van der Waals surface area (Å²) in [5.74, 6) is 0. The number of ether oxygens (including phenoxy) is 1. The molecule has 0 spiro atoms. The number of benzene rings is 2. The van der Waals surface area contributed by atoms with Crippen LogP contribution >= 0.6 is 8.69 Å². The Labute approximate surface area is 159 Å². The highest BCUT2D eigenvalue weighted by Gasteiger charge is 2.01. The number of hydroxylamine groups is 1. The molecular weight excluding hydrogens is 347 g/mol. The van der Waals surface area contributed by atoms with Crippen LogP contribution in [-0.2, 0) is 26.8 Å². The van der Waals surface area contributed by atoms with E-state index in [2.05, 4.69) is 27.0 Å². The van der Waals surface area contributed by atoms with Gasteiger partial charge in [0.05, 0.1) is 0 Å². The van der Waals surface area contributed by atoms with Crippen molar-refractivity contribution in [3.8, 4) is 0 Å². The van der Waals surface area contributed by atoms with Gasteiger partial charge in [0.15, 0.2) is 0 Å². The molecule has 0 saturated heterocycles. The van der Waals surface area contributed by atoms with Crippen LogP contribution < -0.4 is 11.2 Å². The summed E-state index contributed by atoms with van der Waals surface area (Å²) in [7, 11) is 2.91. The standard InChI is InChI=1S/C9H12NO2P.C9H13N.C2H6O/c1-8(10-12-13-11)7-9-5-3-2-4-6-9;1-8(10)7-9-5-3-2-4-6-9;1-3-2/h2-6,8,10H,7H2,1H3;2-6,8H,7,10H2,1H3;1-2H3. The van der Waals surface area contributed by atoms with E-state index in [0.29, 0.717) is 0 Å². The molecular formula is C20H31N2O3P. The fourth-order valence-corrected chi connectivity index (χ4v) is 2.33. The smallest absolute Gasteiger partial charge is 0.346 e. The highest BCUT2D eigenvalue weighted by atomic mass is 31.1. The molecule has 0 bridgehead atoms. The lowest BCUT2D eigenvalue weighted by Gasteiger charge is -2.09. The molecule has 0 aromatic heterocycles. The van der Waals surface area contributed by atoms with Crippen LogP contribution in [0.3, 0.4) is 0 Å². The van der Waals surface area contributed by atoms with Gasteiger partial charge < -0.3 is 10.5 Å². The summed E-state index contributed by atoms with van der Waals surface area (Å²) < 4.78 is 18.8. The number of hydrogen-bond donors (Lipinski definition) is 2. The highest BCUT2D eigenvalue weighted by molar-refractivity contribution is 7.17. The maximum Gasteiger partial charge on any atom is 0.346 e. The molecule has 2 unspecified atom stereocenters. The van der Waals surface area contributed by atoms with E-state index >= 15 is 0 Å². The lowest BCUT2D eigenvalue weighted by atomic mass is 10.1. The second-order valence-corrected chi connectivity index (χ2v) is 6.28. The summed E-state index contributed by atoms with van der Waals surface area (Å²) in [6.07, 6.45) is 1.83. The quantitative estimate of drug-likeness (QED) is 0.558. The molecule has 0 fully saturated rings. The molecule has 0 heterocycles. The van der Waals surface area contributed by atoms with Crippen LogP contribution in [0.2, 0.25) is 0 Å². The average Bonchev–Trinajstić information content (AvgIpc) is 2.62. The zero-order valence-corrected chi connectivity index (χ0v) is 17.0. The Kier molecular flexibility index (Phi) is 15.8. The minimum absolute atomic E-state index is 0.156. The molecule has 3 N–H and O–H groups in total. The lowest BCUT2D eigenvalue weighted by Crippen LogP contribution is -2.25. The zero-order valence-electron chi connectivity index (χ0n) is 16.1. The summed E-state index contributed by atoms with van der Waals surface area (Å²) in [5, 5.41) is 0. The first-order valence-electron chi connectivity index (χ1n) is 8.51. The van der Waals surface area contributed by atoms with Crippen LogP contribution in [0.25, 0.3) is 0 Å². The second kappa shape index (κ2) is 16.8. The molecule has 0 aliphatic heterocycles. The molecule has 2 aromatic rings. The molecule has 2 rings (SSSR count). The number of hydrogen-bond acceptors (Lipinski definition) is 5. The SMILES string of the molecule is CC(Cc1ccccc1)NOP=O.CC(N)Cc1ccccc1.COC. The van der Waals surface area contributed by atoms with Gasteiger partial charge in [0.25, 0.3) is 0 Å². The van der Waals surface area contributed by atoms with Crippen molar-refractivity contribution in [3.63, 3.8) is 0 Å². The number of nitrogens with two attached hydrogens (primary N) is 1. The number of nitrogens with one attached hydrogen (secondary N) is 1. The van der Waals surface area contributed by atoms with Gasteiger partial charge in [-0.2, -0.15) is 5.48 Å². The van der Waals surface area contributed by atoms with E-state index < -0.39 is 0 Å². The molecule has 5 nitrogen and oxygen atoms in total. The van der Waals surface area contributed by atoms with E-state index in [4.69, 9.17) is 5.73 Å². The number of rotatable bonds is 7. The Hall–Kier alpha value is -1.62. The fourth-order valence-electron chi connectivity index (χ4n) is 2.11. The summed E-state index contributed by atoms with van der Waals surface area (Å²) in [6.45, 7) is 3.99. The van der Waals surface area contributed by atoms with Gasteiger partial charge in [0.1, 0.15) is 0 Å². The third-order valence-corrected chi connectivity index (χ3v) is 3.26. The van der Waals surface area contributed by atoms with Crippen molar-refractivity contribution in [2.75, 3.05) is 14.2 Å². The molecule has 6 heteroatoms. The summed E-state index contributed by atoms with van der Waals surface area (Å²) in [6, 6.07) is 20.8. The van der Waals surface area contributed by atoms with Crippen molar-refractivity contribution < 1.29 is 13.9 Å². The van der Waals surface area contributed by atoms with Crippen LogP contribution in [0.4, 0.5) is 0 Å². The van der Waals surface area contributed by atoms with Crippen molar-refractivity contribution in [2.24, 2.45) is 5.73 Å². The first-order chi connectivity index (χ1) is 12.5. The normalized spacial score (nSPS) is 12.2. The third-order valence-electron chi connectivity index (χ3n) is 3.08. The fraction of sp³-hybridized carbons (Fsp3) is 0.400. The van der Waals surface area contributed by atoms with E-state index in [9.17, 15) is 4.57 Å². The van der Waals surface area contributed by atoms with E-state index in [-0.39, 0.29) is 20.8 Å². The van der Waals surface area contributed by atoms with Crippen molar-refractivity contribution in [1.82, 2.24) is 5.48 Å². The monoisotopic (exact) mass is 378 g/mol. The Bertz CT molecular complexity index is 553. The van der Waals surface area contributed by atoms with Crippen LogP contribution in [0.15, 0.2) is 60.7 Å². The summed E-state index contributed by atoms with van der Waals surface area (Å²) in [5.41, 5.74) is 10.8. The molecule has 0 radical (unpaired) electrons. The van der Waals surface area contributed by atoms with Crippen LogP contribution in [-0.4, -0.2) is 26.3 Å². The van der Waals surface area contributed by atoms with Crippen molar-refractivity contribution in [1.29, 1.82) is 0 Å². The first kappa shape index (κ1) is 24.4. The van der Waals surface area contributed by atoms with Gasteiger partial charge in [-0.1, -0.05) is 60.7 Å². The first-order valence-corrected chi connectivity index (χ1v) is 9.24. The van der Waals surface area contributed by atoms with Crippen molar-refractivity contribution >= 4 is 8.69 Å². The van der Waals surface area contributed by atoms with Crippen LogP contribution in [0, 0.1) is 0 Å². The van der Waals surface area contributed by atoms with Gasteiger partial charge in [-0.25, -0.2) is 9.19 Å². The Balaban J connectivity index is 0.000000428. The second-order valence-electron chi connectivity index (χ2n) is 5.95. The zero-order chi connectivity index (χ0) is 19.6. The predicted octanol–water partition coefficient (Wildman–Crippen LogP) is 4.18. The largest absolute Gasteiger partial charge is 0.388 e. The van der Waals surface area contributed by atoms with Gasteiger partial charge >= 0.3 is 8.69 Å². The van der Waals surface area contributed by atoms with E-state index in [0.717, 1.165) is 12.8 Å². The Morgan fingerprint density at radius 3 is 1.73 bits per heavy atom. The van der Waals surface area contributed by atoms with Gasteiger partial charge in [0.2, 0.25) is 0 Å². The minimum atomic E-state index is -0.335. The lowest BCUT2D eigenvalue weighted by molar-refractivity contribution is 0.182. The maximum absolute atomic E-state index is 9.97. The molecule has 0 aliphatic carbocycles. The van der Waals surface area contributed by atoms with Gasteiger partial charge in [0, 0.05) is 26.3 Å². The van der Waals surface area contributed by atoms with Crippen molar-refractivity contribution in [2.45, 2.75) is 38.8 Å². The summed E-state index contributed by atoms with van der Waals surface area (Å²) in [4.78, 5) is 0. The van der Waals surface area contributed by atoms with E-state index in [1.807, 2.05) is 62.4 Å². The average molecular weight is 378 g/mol. The molecule has 2 aromatic carbocycles. The maximum atomic E-state index is 9.97. The molecule has 144 valence electrons. The molecule has 0 aliphatic rings. The van der Waals surface area contributed by atoms with Gasteiger partial charge in [-0.05, 0) is 37.8 Å². The Morgan fingerprint density at radius 2 is 1.35 bits per heavy atom.